The Labute approximate surface area is 141 Å². The maximum Gasteiger partial charge on any atom is 0.264 e. The molecule has 0 aliphatic rings. The number of carbonyl (C=O) groups excluding carboxylic acids is 2. The summed E-state index contributed by atoms with van der Waals surface area (Å²) in [5, 5.41) is 14.4. The molecule has 5 nitrogen and oxygen atoms in total. The summed E-state index contributed by atoms with van der Waals surface area (Å²) in [6.07, 6.45) is 1.50. The molecule has 0 heterocycles. The van der Waals surface area contributed by atoms with Crippen LogP contribution < -0.4 is 10.5 Å². The van der Waals surface area contributed by atoms with E-state index in [1.54, 1.807) is 0 Å². The molecule has 0 bridgehead atoms. The molecule has 0 saturated carbocycles. The Bertz CT molecular complexity index is 753. The van der Waals surface area contributed by atoms with E-state index in [1.165, 1.54) is 0 Å². The van der Waals surface area contributed by atoms with E-state index in [0.29, 0.717) is 11.8 Å². The Morgan fingerprint density at radius 3 is 2.17 bits per heavy atom. The highest BCUT2D eigenvalue weighted by Gasteiger charge is 2.07. The summed E-state index contributed by atoms with van der Waals surface area (Å²) >= 11 is 3.37. The van der Waals surface area contributed by atoms with Crippen LogP contribution in [0.15, 0.2) is 76.3 Å². The first-order chi connectivity index (χ1) is 11.1. The summed E-state index contributed by atoms with van der Waals surface area (Å²) in [7, 11) is 0. The predicted molar refractivity (Wildman–Crippen MR) is 88.5 cm³/mol. The van der Waals surface area contributed by atoms with Crippen molar-refractivity contribution in [1.82, 2.24) is 5.43 Å². The Morgan fingerprint density at radius 2 is 1.57 bits per heavy atom. The Morgan fingerprint density at radius 1 is 0.957 bits per heavy atom. The summed E-state index contributed by atoms with van der Waals surface area (Å²) in [5.74, 6) is -2.10. The fourth-order valence-corrected chi connectivity index (χ4v) is 2.06. The molecule has 0 aromatic heterocycles. The van der Waals surface area contributed by atoms with Gasteiger partial charge in [-0.1, -0.05) is 58.4 Å². The molecule has 23 heavy (non-hydrogen) atoms. The fourth-order valence-electron chi connectivity index (χ4n) is 1.79. The number of hydrogen-bond donors (Lipinski definition) is 1. The van der Waals surface area contributed by atoms with Gasteiger partial charge in [-0.05, 0) is 18.2 Å². The molecule has 1 N–H and O–H groups in total. The number of amides is 1. The summed E-state index contributed by atoms with van der Waals surface area (Å²) in [6, 6.07) is 16.8. The number of benzene rings is 2. The van der Waals surface area contributed by atoms with Crippen molar-refractivity contribution >= 4 is 33.5 Å². The van der Waals surface area contributed by atoms with Gasteiger partial charge in [0.1, 0.15) is 0 Å². The Balaban J connectivity index is 2.30. The van der Waals surface area contributed by atoms with Gasteiger partial charge in [0.25, 0.3) is 5.91 Å². The topological polar surface area (TPSA) is 81.6 Å². The zero-order valence-electron chi connectivity index (χ0n) is 11.9. The number of carboxylic acids is 1. The highest BCUT2D eigenvalue weighted by molar-refractivity contribution is 9.10. The number of halogens is 1. The number of nitrogens with zero attached hydrogens (tertiary/aromatic N) is 1. The van der Waals surface area contributed by atoms with Crippen LogP contribution in [0.2, 0.25) is 0 Å². The van der Waals surface area contributed by atoms with E-state index in [1.807, 2.05) is 54.6 Å². The van der Waals surface area contributed by atoms with E-state index < -0.39 is 11.9 Å². The van der Waals surface area contributed by atoms with Crippen LogP contribution in [-0.2, 0) is 9.59 Å². The number of carboxylic acid groups (broad SMARTS) is 1. The minimum absolute atomic E-state index is 0.563. The number of carbonyl (C=O) groups is 2. The minimum atomic E-state index is -1.44. The second-order valence-corrected chi connectivity index (χ2v) is 5.38. The Hall–Kier alpha value is -2.73. The van der Waals surface area contributed by atoms with Gasteiger partial charge in [0, 0.05) is 21.7 Å². The molecular formula is C17H12BrN2O3-. The largest absolute Gasteiger partial charge is 0.545 e. The lowest BCUT2D eigenvalue weighted by Gasteiger charge is -2.07. The predicted octanol–water partition coefficient (Wildman–Crippen LogP) is 1.62. The van der Waals surface area contributed by atoms with Crippen LogP contribution in [0, 0.1) is 0 Å². The normalized spacial score (nSPS) is 11.4. The molecule has 0 atom stereocenters. The number of hydrogen-bond acceptors (Lipinski definition) is 4. The number of rotatable bonds is 5. The average Bonchev–Trinajstić information content (AvgIpc) is 2.55. The van der Waals surface area contributed by atoms with Gasteiger partial charge >= 0.3 is 0 Å². The van der Waals surface area contributed by atoms with Gasteiger partial charge < -0.3 is 9.90 Å². The van der Waals surface area contributed by atoms with Crippen molar-refractivity contribution in [1.29, 1.82) is 0 Å². The molecule has 1 amide bonds. The highest BCUT2D eigenvalue weighted by Crippen LogP contribution is 2.15. The van der Waals surface area contributed by atoms with Crippen LogP contribution in [0.1, 0.15) is 11.1 Å². The van der Waals surface area contributed by atoms with Crippen molar-refractivity contribution < 1.29 is 14.7 Å². The first kappa shape index (κ1) is 16.6. The maximum atomic E-state index is 11.6. The molecule has 0 aliphatic carbocycles. The third kappa shape index (κ3) is 5.19. The molecule has 0 unspecified atom stereocenters. The third-order valence-electron chi connectivity index (χ3n) is 2.81. The van der Waals surface area contributed by atoms with E-state index >= 15 is 0 Å². The molecule has 116 valence electrons. The van der Waals surface area contributed by atoms with Crippen molar-refractivity contribution in [3.8, 4) is 0 Å². The molecule has 2 rings (SSSR count). The van der Waals surface area contributed by atoms with Crippen molar-refractivity contribution in [3.63, 3.8) is 0 Å². The molecule has 6 heteroatoms. The molecule has 0 spiro atoms. The van der Waals surface area contributed by atoms with E-state index in [2.05, 4.69) is 26.5 Å². The monoisotopic (exact) mass is 371 g/mol. The summed E-state index contributed by atoms with van der Waals surface area (Å²) < 4.78 is 0.926. The van der Waals surface area contributed by atoms with E-state index in [-0.39, 0.29) is 0 Å². The maximum absolute atomic E-state index is 11.6. The first-order valence-electron chi connectivity index (χ1n) is 6.64. The first-order valence-corrected chi connectivity index (χ1v) is 7.43. The number of aliphatic carboxylic acids is 1. The fraction of sp³-hybridized carbons (Fsp3) is 0. The lowest BCUT2D eigenvalue weighted by atomic mass is 10.0. The van der Waals surface area contributed by atoms with Crippen LogP contribution in [0.3, 0.4) is 0 Å². The number of hydrazone groups is 1. The van der Waals surface area contributed by atoms with Crippen molar-refractivity contribution in [3.05, 3.63) is 82.3 Å². The standard InChI is InChI=1S/C17H13BrN2O3/c18-14-8-6-13(7-9-14)17(12-4-2-1-3-5-12)20-19-15(21)10-11-16(22)23/h1-11H,(H,19,21)(H,22,23)/p-1. The van der Waals surface area contributed by atoms with Gasteiger partial charge in [0.15, 0.2) is 0 Å². The van der Waals surface area contributed by atoms with Crippen LogP contribution in [0.5, 0.6) is 0 Å². The molecule has 2 aromatic carbocycles. The molecule has 2 aromatic rings. The highest BCUT2D eigenvalue weighted by atomic mass is 79.9. The van der Waals surface area contributed by atoms with Gasteiger partial charge in [-0.25, -0.2) is 5.43 Å². The van der Waals surface area contributed by atoms with Crippen LogP contribution in [0.25, 0.3) is 0 Å². The van der Waals surface area contributed by atoms with E-state index in [9.17, 15) is 14.7 Å². The van der Waals surface area contributed by atoms with Crippen molar-refractivity contribution in [2.75, 3.05) is 0 Å². The molecular weight excluding hydrogens is 360 g/mol. The zero-order chi connectivity index (χ0) is 16.7. The molecule has 0 saturated heterocycles. The van der Waals surface area contributed by atoms with Gasteiger partial charge in [-0.3, -0.25) is 4.79 Å². The smallest absolute Gasteiger partial charge is 0.264 e. The molecule has 0 aliphatic heterocycles. The van der Waals surface area contributed by atoms with Crippen molar-refractivity contribution in [2.24, 2.45) is 5.10 Å². The molecule has 0 radical (unpaired) electrons. The minimum Gasteiger partial charge on any atom is -0.545 e. The van der Waals surface area contributed by atoms with Crippen LogP contribution in [0.4, 0.5) is 0 Å². The van der Waals surface area contributed by atoms with E-state index in [4.69, 9.17) is 0 Å². The number of nitrogens with one attached hydrogen (secondary N) is 1. The van der Waals surface area contributed by atoms with Gasteiger partial charge in [-0.15, -0.1) is 0 Å². The second kappa shape index (κ2) is 8.05. The third-order valence-corrected chi connectivity index (χ3v) is 3.34. The molecule has 0 fully saturated rings. The quantitative estimate of drug-likeness (QED) is 0.492. The van der Waals surface area contributed by atoms with Crippen LogP contribution >= 0.6 is 15.9 Å². The lowest BCUT2D eigenvalue weighted by molar-refractivity contribution is -0.297. The Kier molecular flexibility index (Phi) is 5.82. The van der Waals surface area contributed by atoms with Gasteiger partial charge in [0.2, 0.25) is 0 Å². The average molecular weight is 372 g/mol. The summed E-state index contributed by atoms with van der Waals surface area (Å²) in [5.41, 5.74) is 4.50. The lowest BCUT2D eigenvalue weighted by Crippen LogP contribution is -2.22. The summed E-state index contributed by atoms with van der Waals surface area (Å²) in [4.78, 5) is 21.9. The van der Waals surface area contributed by atoms with Gasteiger partial charge in [-0.2, -0.15) is 5.10 Å². The second-order valence-electron chi connectivity index (χ2n) is 4.46. The summed E-state index contributed by atoms with van der Waals surface area (Å²) in [6.45, 7) is 0. The van der Waals surface area contributed by atoms with Crippen LogP contribution in [-0.4, -0.2) is 17.6 Å². The van der Waals surface area contributed by atoms with Crippen molar-refractivity contribution in [2.45, 2.75) is 0 Å². The SMILES string of the molecule is O=C([O-])C=CC(=O)NN=C(c1ccccc1)c1ccc(Br)cc1. The van der Waals surface area contributed by atoms with Gasteiger partial charge in [0.05, 0.1) is 11.7 Å². The zero-order valence-corrected chi connectivity index (χ0v) is 13.5. The van der Waals surface area contributed by atoms with E-state index in [0.717, 1.165) is 21.7 Å².